The van der Waals surface area contributed by atoms with E-state index in [4.69, 9.17) is 5.73 Å². The second kappa shape index (κ2) is 5.29. The fraction of sp³-hybridized carbons (Fsp3) is 0.625. The Balaban J connectivity index is 2.33. The van der Waals surface area contributed by atoms with Crippen LogP contribution in [0.4, 0.5) is 13.2 Å². The van der Waals surface area contributed by atoms with Crippen LogP contribution < -0.4 is 5.73 Å². The van der Waals surface area contributed by atoms with Gasteiger partial charge in [0.2, 0.25) is 0 Å². The van der Waals surface area contributed by atoms with E-state index in [9.17, 15) is 18.3 Å². The summed E-state index contributed by atoms with van der Waals surface area (Å²) in [5.74, 6) is 0. The van der Waals surface area contributed by atoms with E-state index >= 15 is 0 Å². The van der Waals surface area contributed by atoms with Crippen LogP contribution in [-0.2, 0) is 11.6 Å². The van der Waals surface area contributed by atoms with Gasteiger partial charge in [0, 0.05) is 11.5 Å². The van der Waals surface area contributed by atoms with Crippen LogP contribution in [0.1, 0.15) is 50.7 Å². The molecule has 0 aliphatic heterocycles. The van der Waals surface area contributed by atoms with Gasteiger partial charge in [-0.05, 0) is 44.7 Å². The maximum Gasteiger partial charge on any atom is 0.416 e. The normalized spacial score (nSPS) is 20.0. The molecule has 2 nitrogen and oxygen atoms in total. The molecule has 1 unspecified atom stereocenters. The molecular formula is C16H22F3NO. The molecule has 0 amide bonds. The third-order valence-electron chi connectivity index (χ3n) is 4.44. The van der Waals surface area contributed by atoms with Crippen molar-refractivity contribution in [1.29, 1.82) is 0 Å². The molecule has 21 heavy (non-hydrogen) atoms. The van der Waals surface area contributed by atoms with Crippen molar-refractivity contribution in [2.45, 2.75) is 62.8 Å². The van der Waals surface area contributed by atoms with Gasteiger partial charge in [-0.3, -0.25) is 0 Å². The van der Waals surface area contributed by atoms with Gasteiger partial charge in [0.25, 0.3) is 0 Å². The predicted octanol–water partition coefficient (Wildman–Crippen LogP) is 3.62. The zero-order valence-corrected chi connectivity index (χ0v) is 12.4. The Labute approximate surface area is 123 Å². The fourth-order valence-corrected chi connectivity index (χ4v) is 3.17. The summed E-state index contributed by atoms with van der Waals surface area (Å²) < 4.78 is 38.6. The van der Waals surface area contributed by atoms with Crippen molar-refractivity contribution < 1.29 is 18.3 Å². The minimum Gasteiger partial charge on any atom is -0.390 e. The van der Waals surface area contributed by atoms with Crippen LogP contribution >= 0.6 is 0 Å². The molecule has 0 spiro atoms. The summed E-state index contributed by atoms with van der Waals surface area (Å²) in [6.07, 6.45) is -1.49. The Hall–Kier alpha value is -1.07. The number of halogens is 3. The van der Waals surface area contributed by atoms with Crippen molar-refractivity contribution in [2.24, 2.45) is 5.73 Å². The first kappa shape index (κ1) is 16.3. The van der Waals surface area contributed by atoms with Gasteiger partial charge >= 0.3 is 6.18 Å². The highest BCUT2D eigenvalue weighted by Crippen LogP contribution is 2.48. The Morgan fingerprint density at radius 1 is 1.29 bits per heavy atom. The summed E-state index contributed by atoms with van der Waals surface area (Å²) in [5.41, 5.74) is 4.88. The molecule has 5 heteroatoms. The Morgan fingerprint density at radius 2 is 1.90 bits per heavy atom. The van der Waals surface area contributed by atoms with Gasteiger partial charge in [-0.15, -0.1) is 0 Å². The molecule has 0 saturated heterocycles. The first-order chi connectivity index (χ1) is 9.55. The molecule has 1 aromatic rings. The lowest BCUT2D eigenvalue weighted by Gasteiger charge is -2.48. The molecule has 0 heterocycles. The smallest absolute Gasteiger partial charge is 0.390 e. The summed E-state index contributed by atoms with van der Waals surface area (Å²) in [6.45, 7) is 3.34. The van der Waals surface area contributed by atoms with Gasteiger partial charge in [0.1, 0.15) is 0 Å². The number of hydrogen-bond donors (Lipinski definition) is 2. The predicted molar refractivity (Wildman–Crippen MR) is 75.9 cm³/mol. The van der Waals surface area contributed by atoms with Gasteiger partial charge < -0.3 is 10.8 Å². The molecule has 1 atom stereocenters. The lowest BCUT2D eigenvalue weighted by Crippen LogP contribution is -2.53. The average molecular weight is 301 g/mol. The average Bonchev–Trinajstić information content (AvgIpc) is 2.24. The molecule has 118 valence electrons. The first-order valence-corrected chi connectivity index (χ1v) is 7.20. The van der Waals surface area contributed by atoms with E-state index in [1.165, 1.54) is 12.1 Å². The van der Waals surface area contributed by atoms with Gasteiger partial charge in [0.15, 0.2) is 0 Å². The van der Waals surface area contributed by atoms with Crippen molar-refractivity contribution in [1.82, 2.24) is 0 Å². The second-order valence-electron chi connectivity index (χ2n) is 6.71. The molecule has 1 aromatic carbocycles. The van der Waals surface area contributed by atoms with E-state index in [0.29, 0.717) is 12.0 Å². The molecule has 3 N–H and O–H groups in total. The first-order valence-electron chi connectivity index (χ1n) is 7.20. The maximum atomic E-state index is 12.9. The van der Waals surface area contributed by atoms with E-state index in [1.807, 2.05) is 0 Å². The fourth-order valence-electron chi connectivity index (χ4n) is 3.17. The van der Waals surface area contributed by atoms with Crippen molar-refractivity contribution in [3.05, 3.63) is 35.4 Å². The zero-order valence-electron chi connectivity index (χ0n) is 12.4. The summed E-state index contributed by atoms with van der Waals surface area (Å²) in [4.78, 5) is 0. The van der Waals surface area contributed by atoms with Crippen LogP contribution in [-0.4, -0.2) is 16.7 Å². The molecule has 1 saturated carbocycles. The Kier molecular flexibility index (Phi) is 4.10. The van der Waals surface area contributed by atoms with Crippen LogP contribution in [0.3, 0.4) is 0 Å². The summed E-state index contributed by atoms with van der Waals surface area (Å²) in [6, 6.07) is 5.10. The van der Waals surface area contributed by atoms with Crippen molar-refractivity contribution in [2.75, 3.05) is 0 Å². The van der Waals surface area contributed by atoms with Crippen molar-refractivity contribution in [3.8, 4) is 0 Å². The molecule has 0 radical (unpaired) electrons. The van der Waals surface area contributed by atoms with Crippen molar-refractivity contribution in [3.63, 3.8) is 0 Å². The third kappa shape index (κ3) is 3.40. The monoisotopic (exact) mass is 301 g/mol. The summed E-state index contributed by atoms with van der Waals surface area (Å²) in [7, 11) is 0. The topological polar surface area (TPSA) is 46.2 Å². The zero-order chi connectivity index (χ0) is 15.9. The SMILES string of the molecule is CC(C)(O)CC(N)C1(c2cccc(C(F)(F)F)c2)CCC1. The van der Waals surface area contributed by atoms with Crippen LogP contribution in [0, 0.1) is 0 Å². The molecule has 2 rings (SSSR count). The quantitative estimate of drug-likeness (QED) is 0.892. The standard InChI is InChI=1S/C16H22F3NO/c1-14(2,21)10-13(20)15(7-4-8-15)11-5-3-6-12(9-11)16(17,18)19/h3,5-6,9,13,21H,4,7-8,10,20H2,1-2H3. The molecule has 0 bridgehead atoms. The Morgan fingerprint density at radius 3 is 2.33 bits per heavy atom. The van der Waals surface area contributed by atoms with E-state index in [1.54, 1.807) is 19.9 Å². The highest BCUT2D eigenvalue weighted by molar-refractivity contribution is 5.35. The second-order valence-corrected chi connectivity index (χ2v) is 6.71. The lowest BCUT2D eigenvalue weighted by atomic mass is 9.58. The minimum absolute atomic E-state index is 0.352. The van der Waals surface area contributed by atoms with E-state index < -0.39 is 22.8 Å². The van der Waals surface area contributed by atoms with E-state index in [0.717, 1.165) is 25.3 Å². The molecule has 1 aliphatic rings. The minimum atomic E-state index is -4.35. The molecular weight excluding hydrogens is 279 g/mol. The molecule has 0 aromatic heterocycles. The van der Waals surface area contributed by atoms with Crippen LogP contribution in [0.25, 0.3) is 0 Å². The number of nitrogens with two attached hydrogens (primary N) is 1. The number of alkyl halides is 3. The number of hydrogen-bond acceptors (Lipinski definition) is 2. The summed E-state index contributed by atoms with van der Waals surface area (Å²) in [5, 5.41) is 9.94. The highest BCUT2D eigenvalue weighted by atomic mass is 19.4. The van der Waals surface area contributed by atoms with Crippen LogP contribution in [0.2, 0.25) is 0 Å². The van der Waals surface area contributed by atoms with E-state index in [2.05, 4.69) is 0 Å². The van der Waals surface area contributed by atoms with Crippen LogP contribution in [0.15, 0.2) is 24.3 Å². The third-order valence-corrected chi connectivity index (χ3v) is 4.44. The van der Waals surface area contributed by atoms with E-state index in [-0.39, 0.29) is 6.04 Å². The molecule has 1 fully saturated rings. The van der Waals surface area contributed by atoms with Gasteiger partial charge in [-0.2, -0.15) is 13.2 Å². The Bertz CT molecular complexity index is 501. The largest absolute Gasteiger partial charge is 0.416 e. The van der Waals surface area contributed by atoms with Gasteiger partial charge in [-0.25, -0.2) is 0 Å². The van der Waals surface area contributed by atoms with Crippen LogP contribution in [0.5, 0.6) is 0 Å². The molecule has 1 aliphatic carbocycles. The number of benzene rings is 1. The lowest BCUT2D eigenvalue weighted by molar-refractivity contribution is -0.137. The number of rotatable bonds is 4. The number of aliphatic hydroxyl groups is 1. The van der Waals surface area contributed by atoms with Gasteiger partial charge in [0.05, 0.1) is 11.2 Å². The highest BCUT2D eigenvalue weighted by Gasteiger charge is 2.46. The van der Waals surface area contributed by atoms with Crippen molar-refractivity contribution >= 4 is 0 Å². The summed E-state index contributed by atoms with van der Waals surface area (Å²) >= 11 is 0. The maximum absolute atomic E-state index is 12.9. The van der Waals surface area contributed by atoms with Gasteiger partial charge in [-0.1, -0.05) is 24.6 Å².